The molecule has 0 atom stereocenters. The molecule has 1 aliphatic heterocycles. The van der Waals surface area contributed by atoms with Gasteiger partial charge in [-0.25, -0.2) is 19.8 Å². The molecule has 3 N–H and O–H groups in total. The molecule has 0 saturated carbocycles. The zero-order chi connectivity index (χ0) is 21.1. The monoisotopic (exact) mass is 412 g/mol. The van der Waals surface area contributed by atoms with Crippen molar-refractivity contribution >= 4 is 22.8 Å². The van der Waals surface area contributed by atoms with Crippen molar-refractivity contribution in [1.82, 2.24) is 25.3 Å². The summed E-state index contributed by atoms with van der Waals surface area (Å²) in [6.45, 7) is 3.17. The van der Waals surface area contributed by atoms with E-state index >= 15 is 0 Å². The molecule has 0 unspecified atom stereocenters. The van der Waals surface area contributed by atoms with Crippen LogP contribution in [0.1, 0.15) is 28.8 Å². The Morgan fingerprint density at radius 3 is 2.70 bits per heavy atom. The first-order chi connectivity index (χ1) is 14.6. The molecule has 0 aliphatic carbocycles. The van der Waals surface area contributed by atoms with Crippen LogP contribution in [0.15, 0.2) is 36.8 Å². The highest BCUT2D eigenvalue weighted by atomic mass is 19.1. The summed E-state index contributed by atoms with van der Waals surface area (Å²) in [4.78, 5) is 21.9. The predicted octanol–water partition coefficient (Wildman–Crippen LogP) is 2.23. The lowest BCUT2D eigenvalue weighted by Gasteiger charge is -2.32. The van der Waals surface area contributed by atoms with E-state index in [-0.39, 0.29) is 11.4 Å². The van der Waals surface area contributed by atoms with Gasteiger partial charge in [-0.1, -0.05) is 6.07 Å². The summed E-state index contributed by atoms with van der Waals surface area (Å²) in [6.07, 6.45) is 6.80. The van der Waals surface area contributed by atoms with Gasteiger partial charge in [0.05, 0.1) is 11.1 Å². The number of nitrogens with zero attached hydrogens (tertiary/aromatic N) is 4. The van der Waals surface area contributed by atoms with Gasteiger partial charge in [-0.05, 0) is 43.0 Å². The molecule has 0 spiro atoms. The van der Waals surface area contributed by atoms with Gasteiger partial charge in [0.2, 0.25) is 5.95 Å². The Labute approximate surface area is 173 Å². The van der Waals surface area contributed by atoms with E-state index in [1.165, 1.54) is 18.5 Å². The fourth-order valence-electron chi connectivity index (χ4n) is 4.04. The maximum atomic E-state index is 14.2. The highest BCUT2D eigenvalue weighted by Gasteiger charge is 2.21. The summed E-state index contributed by atoms with van der Waals surface area (Å²) in [5, 5.41) is 12.8. The molecule has 2 aromatic heterocycles. The molecule has 3 aromatic rings. The molecular weight excluding hydrogens is 387 g/mol. The third-order valence-corrected chi connectivity index (χ3v) is 5.69. The van der Waals surface area contributed by atoms with Crippen LogP contribution in [0, 0.1) is 11.7 Å². The smallest absolute Gasteiger partial charge is 0.277 e. The van der Waals surface area contributed by atoms with Gasteiger partial charge in [0, 0.05) is 50.7 Å². The Hall–Kier alpha value is -3.04. The lowest BCUT2D eigenvalue weighted by Crippen LogP contribution is -2.38. The number of halogens is 1. The van der Waals surface area contributed by atoms with E-state index in [1.807, 2.05) is 23.9 Å². The van der Waals surface area contributed by atoms with Gasteiger partial charge < -0.3 is 14.8 Å². The summed E-state index contributed by atoms with van der Waals surface area (Å²) >= 11 is 0. The highest BCUT2D eigenvalue weighted by Crippen LogP contribution is 2.24. The average molecular weight is 412 g/mol. The number of rotatable bonds is 6. The minimum atomic E-state index is -0.627. The summed E-state index contributed by atoms with van der Waals surface area (Å²) in [5.41, 5.74) is 3.66. The zero-order valence-corrected chi connectivity index (χ0v) is 16.8. The van der Waals surface area contributed by atoms with Crippen molar-refractivity contribution in [2.45, 2.75) is 19.4 Å². The first kappa shape index (κ1) is 20.2. The van der Waals surface area contributed by atoms with Gasteiger partial charge >= 0.3 is 0 Å². The van der Waals surface area contributed by atoms with Crippen LogP contribution in [0.5, 0.6) is 0 Å². The molecule has 30 heavy (non-hydrogen) atoms. The van der Waals surface area contributed by atoms with Crippen LogP contribution in [-0.4, -0.2) is 45.3 Å². The third-order valence-electron chi connectivity index (χ3n) is 5.69. The number of hydrogen-bond donors (Lipinski definition) is 3. The largest absolute Gasteiger partial charge is 0.350 e. The summed E-state index contributed by atoms with van der Waals surface area (Å²) in [7, 11) is 1.94. The SMILES string of the molecule is Cn1cc(CNCC2CCN(c3ncc(C(=O)NO)cn3)CC2)c2c(F)cccc21. The standard InChI is InChI=1S/C21H25FN6O2/c1-27-13-16(19-17(22)3-2-4-18(19)27)10-23-9-14-5-7-28(8-6-14)21-24-11-15(12-25-21)20(29)26-30/h2-4,11-14,23,30H,5-10H2,1H3,(H,26,29). The van der Waals surface area contributed by atoms with E-state index in [4.69, 9.17) is 5.21 Å². The molecule has 9 heteroatoms. The van der Waals surface area contributed by atoms with E-state index < -0.39 is 5.91 Å². The number of nitrogens with one attached hydrogen (secondary N) is 2. The lowest BCUT2D eigenvalue weighted by atomic mass is 9.97. The van der Waals surface area contributed by atoms with Crippen LogP contribution in [0.2, 0.25) is 0 Å². The first-order valence-corrected chi connectivity index (χ1v) is 10.0. The average Bonchev–Trinajstić information content (AvgIpc) is 3.10. The van der Waals surface area contributed by atoms with Crippen molar-refractivity contribution in [2.24, 2.45) is 13.0 Å². The maximum Gasteiger partial charge on any atom is 0.277 e. The Morgan fingerprint density at radius 2 is 2.00 bits per heavy atom. The fraction of sp³-hybridized carbons (Fsp3) is 0.381. The molecule has 1 aromatic carbocycles. The van der Waals surface area contributed by atoms with Gasteiger partial charge in [0.15, 0.2) is 0 Å². The van der Waals surface area contributed by atoms with E-state index in [1.54, 1.807) is 11.5 Å². The number of fused-ring (bicyclic) bond motifs is 1. The molecule has 8 nitrogen and oxygen atoms in total. The molecule has 1 amide bonds. The predicted molar refractivity (Wildman–Crippen MR) is 111 cm³/mol. The number of hydroxylamine groups is 1. The fourth-order valence-corrected chi connectivity index (χ4v) is 4.04. The minimum Gasteiger partial charge on any atom is -0.350 e. The number of carbonyl (C=O) groups excluding carboxylic acids is 1. The highest BCUT2D eigenvalue weighted by molar-refractivity contribution is 5.92. The third kappa shape index (κ3) is 4.12. The van der Waals surface area contributed by atoms with Gasteiger partial charge in [-0.3, -0.25) is 10.0 Å². The van der Waals surface area contributed by atoms with Crippen molar-refractivity contribution in [2.75, 3.05) is 24.5 Å². The zero-order valence-electron chi connectivity index (χ0n) is 16.8. The van der Waals surface area contributed by atoms with Gasteiger partial charge in [-0.2, -0.15) is 0 Å². The quantitative estimate of drug-likeness (QED) is 0.425. The minimum absolute atomic E-state index is 0.180. The van der Waals surface area contributed by atoms with Crippen molar-refractivity contribution in [3.63, 3.8) is 0 Å². The van der Waals surface area contributed by atoms with Crippen LogP contribution < -0.4 is 15.7 Å². The maximum absolute atomic E-state index is 14.2. The van der Waals surface area contributed by atoms with Gasteiger partial charge in [0.25, 0.3) is 5.91 Å². The molecule has 4 rings (SSSR count). The number of aryl methyl sites for hydroxylation is 1. The number of carbonyl (C=O) groups is 1. The van der Waals surface area contributed by atoms with Crippen molar-refractivity contribution in [1.29, 1.82) is 0 Å². The van der Waals surface area contributed by atoms with E-state index in [9.17, 15) is 9.18 Å². The normalized spacial score (nSPS) is 15.0. The first-order valence-electron chi connectivity index (χ1n) is 10.0. The molecule has 0 radical (unpaired) electrons. The second-order valence-electron chi connectivity index (χ2n) is 7.67. The Bertz CT molecular complexity index is 1030. The van der Waals surface area contributed by atoms with Crippen LogP contribution >= 0.6 is 0 Å². The number of amides is 1. The second kappa shape index (κ2) is 8.76. The van der Waals surface area contributed by atoms with Crippen LogP contribution in [0.3, 0.4) is 0 Å². The lowest BCUT2D eigenvalue weighted by molar-refractivity contribution is 0.0705. The molecule has 1 saturated heterocycles. The van der Waals surface area contributed by atoms with E-state index in [2.05, 4.69) is 20.2 Å². The van der Waals surface area contributed by atoms with Crippen molar-refractivity contribution < 1.29 is 14.4 Å². The second-order valence-corrected chi connectivity index (χ2v) is 7.67. The van der Waals surface area contributed by atoms with Crippen molar-refractivity contribution in [3.05, 3.63) is 53.7 Å². The Kier molecular flexibility index (Phi) is 5.91. The molecule has 1 aliphatic rings. The molecule has 1 fully saturated rings. The van der Waals surface area contributed by atoms with Gasteiger partial charge in [0.1, 0.15) is 5.82 Å². The molecule has 0 bridgehead atoms. The van der Waals surface area contributed by atoms with Crippen LogP contribution in [0.4, 0.5) is 10.3 Å². The number of benzene rings is 1. The molecule has 158 valence electrons. The Morgan fingerprint density at radius 1 is 1.27 bits per heavy atom. The van der Waals surface area contributed by atoms with Crippen LogP contribution in [0.25, 0.3) is 10.9 Å². The van der Waals surface area contributed by atoms with Crippen LogP contribution in [-0.2, 0) is 13.6 Å². The summed E-state index contributed by atoms with van der Waals surface area (Å²) < 4.78 is 16.2. The van der Waals surface area contributed by atoms with E-state index in [0.29, 0.717) is 23.8 Å². The van der Waals surface area contributed by atoms with Gasteiger partial charge in [-0.15, -0.1) is 0 Å². The summed E-state index contributed by atoms with van der Waals surface area (Å²) in [6, 6.07) is 5.18. The molecule has 3 heterocycles. The number of aromatic nitrogens is 3. The number of piperidine rings is 1. The summed E-state index contributed by atoms with van der Waals surface area (Å²) in [5.74, 6) is 0.306. The molecular formula is C21H25FN6O2. The Balaban J connectivity index is 1.28. The topological polar surface area (TPSA) is 95.3 Å². The van der Waals surface area contributed by atoms with Crippen molar-refractivity contribution in [3.8, 4) is 0 Å². The van der Waals surface area contributed by atoms with E-state index in [0.717, 1.165) is 43.6 Å². The number of anilines is 1. The number of hydrogen-bond acceptors (Lipinski definition) is 6.